The molecular weight excluding hydrogens is 689 g/mol. The Morgan fingerprint density at radius 3 is 1.39 bits per heavy atom. The second kappa shape index (κ2) is 11.0. The number of nitriles is 2. The zero-order valence-electron chi connectivity index (χ0n) is 29.6. The molecule has 0 saturated carbocycles. The Balaban J connectivity index is 1.15. The molecule has 4 aromatic heterocycles. The van der Waals surface area contributed by atoms with Crippen molar-refractivity contribution in [2.45, 2.75) is 5.41 Å². The van der Waals surface area contributed by atoms with E-state index >= 15 is 0 Å². The summed E-state index contributed by atoms with van der Waals surface area (Å²) in [5.41, 5.74) is 12.3. The Labute approximate surface area is 320 Å². The predicted molar refractivity (Wildman–Crippen MR) is 218 cm³/mol. The number of rotatable bonds is 2. The highest BCUT2D eigenvalue weighted by molar-refractivity contribution is 6.10. The molecule has 0 radical (unpaired) electrons. The zero-order valence-corrected chi connectivity index (χ0v) is 29.6. The van der Waals surface area contributed by atoms with Crippen LogP contribution in [-0.4, -0.2) is 19.1 Å². The van der Waals surface area contributed by atoms with Gasteiger partial charge in [-0.1, -0.05) is 60.7 Å². The summed E-state index contributed by atoms with van der Waals surface area (Å²) in [5, 5.41) is 23.7. The topological polar surface area (TPSA) is 92.5 Å². The first kappa shape index (κ1) is 30.5. The highest BCUT2D eigenvalue weighted by Crippen LogP contribution is 2.61. The van der Waals surface area contributed by atoms with Gasteiger partial charge in [-0.2, -0.15) is 10.5 Å². The molecule has 1 spiro atoms. The van der Waals surface area contributed by atoms with Crippen LogP contribution in [0.4, 0.5) is 0 Å². The predicted octanol–water partition coefficient (Wildman–Crippen LogP) is 10.9. The van der Waals surface area contributed by atoms with Gasteiger partial charge in [0.2, 0.25) is 0 Å². The van der Waals surface area contributed by atoms with Crippen molar-refractivity contribution >= 4 is 43.6 Å². The van der Waals surface area contributed by atoms with Crippen molar-refractivity contribution in [1.82, 2.24) is 19.1 Å². The third-order valence-electron chi connectivity index (χ3n) is 11.7. The van der Waals surface area contributed by atoms with Crippen LogP contribution < -0.4 is 4.74 Å². The van der Waals surface area contributed by atoms with Gasteiger partial charge < -0.3 is 13.9 Å². The summed E-state index contributed by atoms with van der Waals surface area (Å²) >= 11 is 0. The largest absolute Gasteiger partial charge is 0.457 e. The lowest BCUT2D eigenvalue weighted by atomic mass is 9.66. The highest BCUT2D eigenvalue weighted by Gasteiger charge is 2.52. The molecule has 258 valence electrons. The van der Waals surface area contributed by atoms with Gasteiger partial charge in [-0.3, -0.25) is 9.97 Å². The lowest BCUT2D eigenvalue weighted by Crippen LogP contribution is -2.32. The van der Waals surface area contributed by atoms with E-state index in [0.717, 1.165) is 100 Å². The molecule has 0 amide bonds. The minimum atomic E-state index is -0.752. The smallest absolute Gasteiger partial charge is 0.134 e. The maximum absolute atomic E-state index is 9.76. The molecule has 0 unspecified atom stereocenters. The quantitative estimate of drug-likeness (QED) is 0.178. The molecule has 0 N–H and O–H groups in total. The Kier molecular flexibility index (Phi) is 5.99. The lowest BCUT2D eigenvalue weighted by molar-refractivity contribution is 0.436. The summed E-state index contributed by atoms with van der Waals surface area (Å²) in [5.74, 6) is 1.47. The average Bonchev–Trinajstić information content (AvgIpc) is 3.87. The van der Waals surface area contributed by atoms with Gasteiger partial charge in [0.05, 0.1) is 62.1 Å². The molecule has 0 atom stereocenters. The molecule has 0 saturated heterocycles. The van der Waals surface area contributed by atoms with Crippen LogP contribution in [0.15, 0.2) is 158 Å². The molecule has 0 fully saturated rings. The minimum absolute atomic E-state index is 0.623. The van der Waals surface area contributed by atoms with Gasteiger partial charge in [0, 0.05) is 68.6 Å². The number of fused-ring (bicyclic) bond motifs is 15. The second-order valence-electron chi connectivity index (χ2n) is 14.4. The van der Waals surface area contributed by atoms with Crippen LogP contribution in [-0.2, 0) is 5.41 Å². The van der Waals surface area contributed by atoms with Crippen molar-refractivity contribution in [2.75, 3.05) is 0 Å². The standard InChI is InChI=1S/C49H26N6O/c50-27-29-13-19-43-35(23-29)33-7-1-3-11-41(33)54(43)31-15-17-37-45(25-31)56-46-26-32(55-42-12-4-2-8-34(42)36-24-30(28-51)14-20-44(36)55)16-18-38(46)49(37)39-9-5-21-52-47(39)48-40(49)10-6-22-53-48/h1-26H. The van der Waals surface area contributed by atoms with Gasteiger partial charge in [0.25, 0.3) is 0 Å². The summed E-state index contributed by atoms with van der Waals surface area (Å²) in [7, 11) is 0. The van der Waals surface area contributed by atoms with Crippen LogP contribution in [0, 0.1) is 22.7 Å². The lowest BCUT2D eigenvalue weighted by Gasteiger charge is -2.39. The molecular formula is C49H26N6O. The first-order valence-electron chi connectivity index (χ1n) is 18.4. The van der Waals surface area contributed by atoms with Crippen molar-refractivity contribution in [3.63, 3.8) is 0 Å². The normalized spacial score (nSPS) is 13.2. The summed E-state index contributed by atoms with van der Waals surface area (Å²) in [4.78, 5) is 9.84. The SMILES string of the molecule is N#Cc1ccc2c(c1)c1ccccc1n2-c1ccc2c(c1)Oc1cc(-n3c4ccccc4c4cc(C#N)ccc43)ccc1C21c2cccnc2-c2ncccc21. The number of ether oxygens (including phenoxy) is 1. The summed E-state index contributed by atoms with van der Waals surface area (Å²) in [6, 6.07) is 54.4. The van der Waals surface area contributed by atoms with E-state index < -0.39 is 5.41 Å². The molecule has 7 heteroatoms. The van der Waals surface area contributed by atoms with Crippen molar-refractivity contribution in [1.29, 1.82) is 10.5 Å². The number of pyridine rings is 2. The summed E-state index contributed by atoms with van der Waals surface area (Å²) < 4.78 is 11.6. The fourth-order valence-corrected chi connectivity index (χ4v) is 9.51. The molecule has 5 heterocycles. The van der Waals surface area contributed by atoms with E-state index in [0.29, 0.717) is 11.1 Å². The fourth-order valence-electron chi connectivity index (χ4n) is 9.51. The van der Waals surface area contributed by atoms with E-state index in [-0.39, 0.29) is 0 Å². The highest BCUT2D eigenvalue weighted by atomic mass is 16.5. The fraction of sp³-hybridized carbons (Fsp3) is 0.0204. The molecule has 12 rings (SSSR count). The number of nitrogens with zero attached hydrogens (tertiary/aromatic N) is 6. The Morgan fingerprint density at radius 2 is 0.911 bits per heavy atom. The van der Waals surface area contributed by atoms with Gasteiger partial charge in [-0.05, 0) is 83.9 Å². The van der Waals surface area contributed by atoms with Crippen molar-refractivity contribution in [3.8, 4) is 46.4 Å². The van der Waals surface area contributed by atoms with E-state index in [1.54, 1.807) is 0 Å². The first-order valence-corrected chi connectivity index (χ1v) is 18.4. The average molecular weight is 715 g/mol. The van der Waals surface area contributed by atoms with E-state index in [9.17, 15) is 10.5 Å². The number of aromatic nitrogens is 4. The Morgan fingerprint density at radius 1 is 0.446 bits per heavy atom. The van der Waals surface area contributed by atoms with Gasteiger partial charge in [0.15, 0.2) is 0 Å². The van der Waals surface area contributed by atoms with Gasteiger partial charge in [-0.15, -0.1) is 0 Å². The summed E-state index contributed by atoms with van der Waals surface area (Å²) in [6.45, 7) is 0. The maximum atomic E-state index is 9.76. The Bertz CT molecular complexity index is 3220. The zero-order chi connectivity index (χ0) is 37.1. The summed E-state index contributed by atoms with van der Waals surface area (Å²) in [6.07, 6.45) is 3.67. The van der Waals surface area contributed by atoms with Crippen LogP contribution in [0.5, 0.6) is 11.5 Å². The third kappa shape index (κ3) is 3.83. The molecule has 56 heavy (non-hydrogen) atoms. The minimum Gasteiger partial charge on any atom is -0.457 e. The van der Waals surface area contributed by atoms with Crippen molar-refractivity contribution < 1.29 is 4.74 Å². The van der Waals surface area contributed by atoms with Crippen LogP contribution in [0.2, 0.25) is 0 Å². The monoisotopic (exact) mass is 714 g/mol. The second-order valence-corrected chi connectivity index (χ2v) is 14.4. The van der Waals surface area contributed by atoms with E-state index in [4.69, 9.17) is 14.7 Å². The van der Waals surface area contributed by atoms with Crippen molar-refractivity contribution in [3.05, 3.63) is 191 Å². The van der Waals surface area contributed by atoms with Crippen molar-refractivity contribution in [2.24, 2.45) is 0 Å². The number of hydrogen-bond donors (Lipinski definition) is 0. The number of hydrogen-bond acceptors (Lipinski definition) is 5. The van der Waals surface area contributed by atoms with Gasteiger partial charge >= 0.3 is 0 Å². The first-order chi connectivity index (χ1) is 27.7. The molecule has 10 aromatic rings. The van der Waals surface area contributed by atoms with Gasteiger partial charge in [0.1, 0.15) is 11.5 Å². The number of para-hydroxylation sites is 2. The van der Waals surface area contributed by atoms with E-state index in [1.165, 1.54) is 0 Å². The third-order valence-corrected chi connectivity index (χ3v) is 11.7. The van der Waals surface area contributed by atoms with Crippen LogP contribution in [0.25, 0.3) is 66.4 Å². The molecule has 0 bridgehead atoms. The molecule has 7 nitrogen and oxygen atoms in total. The maximum Gasteiger partial charge on any atom is 0.134 e. The number of benzene rings is 6. The van der Waals surface area contributed by atoms with E-state index in [1.807, 2.05) is 85.2 Å². The molecule has 2 aliphatic rings. The molecule has 1 aliphatic carbocycles. The van der Waals surface area contributed by atoms with Gasteiger partial charge in [-0.25, -0.2) is 0 Å². The van der Waals surface area contributed by atoms with Crippen LogP contribution in [0.1, 0.15) is 33.4 Å². The van der Waals surface area contributed by atoms with Crippen LogP contribution >= 0.6 is 0 Å². The molecule has 1 aliphatic heterocycles. The van der Waals surface area contributed by atoms with E-state index in [2.05, 4.69) is 94.1 Å². The van der Waals surface area contributed by atoms with Crippen LogP contribution in [0.3, 0.4) is 0 Å². The Hall–Kier alpha value is -8.00. The molecule has 6 aromatic carbocycles.